The van der Waals surface area contributed by atoms with Crippen LogP contribution >= 0.6 is 11.6 Å². The first-order valence-electron chi connectivity index (χ1n) is 7.96. The van der Waals surface area contributed by atoms with Gasteiger partial charge in [0.2, 0.25) is 0 Å². The molecule has 0 fully saturated rings. The molecule has 3 aromatic rings. The summed E-state index contributed by atoms with van der Waals surface area (Å²) in [4.78, 5) is 14.2. The number of benzene rings is 2. The van der Waals surface area contributed by atoms with Crippen molar-refractivity contribution in [3.8, 4) is 5.69 Å². The van der Waals surface area contributed by atoms with E-state index in [0.29, 0.717) is 10.7 Å². The second-order valence-electron chi connectivity index (χ2n) is 5.48. The lowest BCUT2D eigenvalue weighted by Crippen LogP contribution is -2.24. The maximum absolute atomic E-state index is 12.1. The third-order valence-electron chi connectivity index (χ3n) is 4.21. The van der Waals surface area contributed by atoms with Crippen LogP contribution in [0, 0.1) is 0 Å². The maximum Gasteiger partial charge on any atom is 0.355 e. The summed E-state index contributed by atoms with van der Waals surface area (Å²) in [5, 5.41) is 11.3. The van der Waals surface area contributed by atoms with Gasteiger partial charge in [0, 0.05) is 24.2 Å². The fourth-order valence-electron chi connectivity index (χ4n) is 3.17. The molecule has 0 aliphatic carbocycles. The molecule has 0 atom stereocenters. The summed E-state index contributed by atoms with van der Waals surface area (Å²) in [5.74, 6) is -0.965. The maximum atomic E-state index is 12.1. The van der Waals surface area contributed by atoms with Crippen LogP contribution in [0.1, 0.15) is 24.3 Å². The van der Waals surface area contributed by atoms with E-state index in [4.69, 9.17) is 11.6 Å². The molecule has 3 rings (SSSR count). The highest BCUT2D eigenvalue weighted by Gasteiger charge is 2.27. The summed E-state index contributed by atoms with van der Waals surface area (Å²) >= 11 is 6.46. The SMILES string of the molecule is CCN(CC)c1c(C(=O)O)n(-c2ccccc2)c2c(Cl)cccc12. The first kappa shape index (κ1) is 16.4. The van der Waals surface area contributed by atoms with Crippen molar-refractivity contribution in [2.75, 3.05) is 18.0 Å². The van der Waals surface area contributed by atoms with Crippen LogP contribution in [0.4, 0.5) is 5.69 Å². The number of halogens is 1. The number of aromatic nitrogens is 1. The predicted molar refractivity (Wildman–Crippen MR) is 98.8 cm³/mol. The Morgan fingerprint density at radius 1 is 1.08 bits per heavy atom. The van der Waals surface area contributed by atoms with Gasteiger partial charge in [0.25, 0.3) is 0 Å². The minimum absolute atomic E-state index is 0.244. The predicted octanol–water partition coefficient (Wildman–Crippen LogP) is 4.83. The van der Waals surface area contributed by atoms with Crippen LogP contribution in [0.2, 0.25) is 5.02 Å². The molecule has 1 N–H and O–H groups in total. The van der Waals surface area contributed by atoms with E-state index in [9.17, 15) is 9.90 Å². The van der Waals surface area contributed by atoms with Crippen LogP contribution in [0.25, 0.3) is 16.6 Å². The fraction of sp³-hybridized carbons (Fsp3) is 0.211. The van der Waals surface area contributed by atoms with Crippen molar-refractivity contribution in [1.29, 1.82) is 0 Å². The third kappa shape index (κ3) is 2.53. The van der Waals surface area contributed by atoms with Gasteiger partial charge in [-0.15, -0.1) is 0 Å². The molecule has 4 nitrogen and oxygen atoms in total. The molecule has 0 radical (unpaired) electrons. The summed E-state index contributed by atoms with van der Waals surface area (Å²) in [6.45, 7) is 5.48. The average molecular weight is 343 g/mol. The monoisotopic (exact) mass is 342 g/mol. The van der Waals surface area contributed by atoms with Crippen molar-refractivity contribution >= 4 is 34.2 Å². The first-order valence-corrected chi connectivity index (χ1v) is 8.34. The summed E-state index contributed by atoms with van der Waals surface area (Å²) < 4.78 is 1.74. The van der Waals surface area contributed by atoms with E-state index in [1.54, 1.807) is 10.6 Å². The Bertz CT molecular complexity index is 883. The van der Waals surface area contributed by atoms with Crippen molar-refractivity contribution < 1.29 is 9.90 Å². The van der Waals surface area contributed by atoms with Crippen LogP contribution in [-0.2, 0) is 0 Å². The zero-order chi connectivity index (χ0) is 17.3. The molecule has 0 spiro atoms. The van der Waals surface area contributed by atoms with Gasteiger partial charge in [0.05, 0.1) is 16.2 Å². The minimum atomic E-state index is -0.965. The molecule has 1 aromatic heterocycles. The van der Waals surface area contributed by atoms with Crippen molar-refractivity contribution in [2.45, 2.75) is 13.8 Å². The Morgan fingerprint density at radius 2 is 1.75 bits per heavy atom. The fourth-order valence-corrected chi connectivity index (χ4v) is 3.43. The van der Waals surface area contributed by atoms with E-state index in [-0.39, 0.29) is 5.69 Å². The van der Waals surface area contributed by atoms with E-state index in [2.05, 4.69) is 4.90 Å². The van der Waals surface area contributed by atoms with Gasteiger partial charge in [0.1, 0.15) is 0 Å². The molecule has 1 heterocycles. The molecule has 0 saturated heterocycles. The molecule has 0 saturated carbocycles. The quantitative estimate of drug-likeness (QED) is 0.722. The van der Waals surface area contributed by atoms with Crippen molar-refractivity contribution in [1.82, 2.24) is 4.57 Å². The number of hydrogen-bond acceptors (Lipinski definition) is 2. The molecule has 24 heavy (non-hydrogen) atoms. The summed E-state index contributed by atoms with van der Waals surface area (Å²) in [6, 6.07) is 15.0. The van der Waals surface area contributed by atoms with Gasteiger partial charge in [-0.2, -0.15) is 0 Å². The molecule has 0 bridgehead atoms. The topological polar surface area (TPSA) is 45.5 Å². The Kier molecular flexibility index (Phi) is 4.49. The van der Waals surface area contributed by atoms with E-state index >= 15 is 0 Å². The van der Waals surface area contributed by atoms with E-state index in [1.165, 1.54) is 0 Å². The van der Waals surface area contributed by atoms with Crippen molar-refractivity contribution in [2.24, 2.45) is 0 Å². The second-order valence-corrected chi connectivity index (χ2v) is 5.89. The lowest BCUT2D eigenvalue weighted by Gasteiger charge is -2.21. The van der Waals surface area contributed by atoms with Gasteiger partial charge in [-0.3, -0.25) is 0 Å². The number of anilines is 1. The second kappa shape index (κ2) is 6.57. The Labute approximate surface area is 145 Å². The first-order chi connectivity index (χ1) is 11.6. The Hall–Kier alpha value is -2.46. The highest BCUT2D eigenvalue weighted by Crippen LogP contribution is 2.39. The molecular weight excluding hydrogens is 324 g/mol. The number of rotatable bonds is 5. The number of para-hydroxylation sites is 2. The highest BCUT2D eigenvalue weighted by molar-refractivity contribution is 6.36. The molecule has 124 valence electrons. The largest absolute Gasteiger partial charge is 0.476 e. The van der Waals surface area contributed by atoms with Gasteiger partial charge >= 0.3 is 5.97 Å². The molecular formula is C19H19ClN2O2. The van der Waals surface area contributed by atoms with Crippen molar-refractivity contribution in [3.05, 3.63) is 59.2 Å². The number of nitrogens with zero attached hydrogens (tertiary/aromatic N) is 2. The number of fused-ring (bicyclic) bond motifs is 1. The number of carbonyl (C=O) groups is 1. The smallest absolute Gasteiger partial charge is 0.355 e. The number of hydrogen-bond donors (Lipinski definition) is 1. The lowest BCUT2D eigenvalue weighted by molar-refractivity contribution is 0.0689. The van der Waals surface area contributed by atoms with Gasteiger partial charge < -0.3 is 14.6 Å². The standard InChI is InChI=1S/C19H19ClN2O2/c1-3-21(4-2)17-14-11-8-12-15(20)16(14)22(18(17)19(23)24)13-9-6-5-7-10-13/h5-12H,3-4H2,1-2H3,(H,23,24). The van der Waals surface area contributed by atoms with E-state index in [1.807, 2.05) is 56.3 Å². The third-order valence-corrected chi connectivity index (χ3v) is 4.52. The Balaban J connectivity index is 2.50. The van der Waals surface area contributed by atoms with Crippen LogP contribution in [0.15, 0.2) is 48.5 Å². The lowest BCUT2D eigenvalue weighted by atomic mass is 10.2. The van der Waals surface area contributed by atoms with Gasteiger partial charge in [-0.05, 0) is 32.0 Å². The van der Waals surface area contributed by atoms with Gasteiger partial charge in [-0.25, -0.2) is 4.79 Å². The average Bonchev–Trinajstić information content (AvgIpc) is 2.94. The van der Waals surface area contributed by atoms with Crippen molar-refractivity contribution in [3.63, 3.8) is 0 Å². The highest BCUT2D eigenvalue weighted by atomic mass is 35.5. The summed E-state index contributed by atoms with van der Waals surface area (Å²) in [6.07, 6.45) is 0. The van der Waals surface area contributed by atoms with E-state index < -0.39 is 5.97 Å². The number of carboxylic acid groups (broad SMARTS) is 1. The molecule has 5 heteroatoms. The number of carboxylic acids is 1. The molecule has 0 amide bonds. The van der Waals surface area contributed by atoms with Crippen LogP contribution in [-0.4, -0.2) is 28.7 Å². The Morgan fingerprint density at radius 3 is 2.33 bits per heavy atom. The zero-order valence-electron chi connectivity index (χ0n) is 13.7. The van der Waals surface area contributed by atoms with Gasteiger partial charge in [-0.1, -0.05) is 41.9 Å². The zero-order valence-corrected chi connectivity index (χ0v) is 14.4. The van der Waals surface area contributed by atoms with Gasteiger partial charge in [0.15, 0.2) is 5.69 Å². The van der Waals surface area contributed by atoms with Crippen LogP contribution in [0.3, 0.4) is 0 Å². The molecule has 0 aliphatic rings. The van der Waals surface area contributed by atoms with Crippen LogP contribution < -0.4 is 4.90 Å². The minimum Gasteiger partial charge on any atom is -0.476 e. The molecule has 2 aromatic carbocycles. The summed E-state index contributed by atoms with van der Waals surface area (Å²) in [7, 11) is 0. The molecule has 0 unspecified atom stereocenters. The molecule has 0 aliphatic heterocycles. The van der Waals surface area contributed by atoms with Crippen LogP contribution in [0.5, 0.6) is 0 Å². The van der Waals surface area contributed by atoms with E-state index in [0.717, 1.165) is 29.7 Å². The summed E-state index contributed by atoms with van der Waals surface area (Å²) in [5.41, 5.74) is 2.47. The normalized spacial score (nSPS) is 11.0. The number of aromatic carboxylic acids is 1.